The Balaban J connectivity index is 2.37. The highest BCUT2D eigenvalue weighted by Gasteiger charge is 2.20. The number of nitrogens with zero attached hydrogens (tertiary/aromatic N) is 1. The molecule has 0 bridgehead atoms. The van der Waals surface area contributed by atoms with E-state index in [9.17, 15) is 28.1 Å². The minimum atomic E-state index is -1.71. The molecule has 0 heterocycles. The maximum atomic E-state index is 13.5. The van der Waals surface area contributed by atoms with Crippen molar-refractivity contribution in [1.29, 1.82) is 0 Å². The monoisotopic (exact) mass is 310 g/mol. The van der Waals surface area contributed by atoms with E-state index >= 15 is 0 Å². The van der Waals surface area contributed by atoms with Gasteiger partial charge in [-0.3, -0.25) is 14.9 Å². The van der Waals surface area contributed by atoms with Gasteiger partial charge in [0.15, 0.2) is 17.5 Å². The molecule has 0 fully saturated rings. The van der Waals surface area contributed by atoms with Crippen LogP contribution in [-0.4, -0.2) is 10.8 Å². The quantitative estimate of drug-likeness (QED) is 0.535. The average molecular weight is 310 g/mol. The summed E-state index contributed by atoms with van der Waals surface area (Å²) in [4.78, 5) is 22.2. The number of carbonyl (C=O) groups is 1. The Hall–Kier alpha value is -2.90. The second-order valence-corrected chi connectivity index (χ2v) is 4.38. The lowest BCUT2D eigenvalue weighted by Gasteiger charge is -2.09. The first-order valence-corrected chi connectivity index (χ1v) is 6.01. The first-order chi connectivity index (χ1) is 10.3. The van der Waals surface area contributed by atoms with Crippen molar-refractivity contribution in [3.63, 3.8) is 0 Å². The Bertz CT molecular complexity index is 778. The van der Waals surface area contributed by atoms with Crippen LogP contribution in [0, 0.1) is 34.5 Å². The number of halogens is 3. The summed E-state index contributed by atoms with van der Waals surface area (Å²) in [5, 5.41) is 12.9. The summed E-state index contributed by atoms with van der Waals surface area (Å²) < 4.78 is 39.4. The van der Waals surface area contributed by atoms with E-state index < -0.39 is 34.0 Å². The molecule has 5 nitrogen and oxygen atoms in total. The molecule has 1 N–H and O–H groups in total. The maximum absolute atomic E-state index is 13.5. The van der Waals surface area contributed by atoms with Gasteiger partial charge in [0.2, 0.25) is 0 Å². The molecule has 0 aromatic heterocycles. The van der Waals surface area contributed by atoms with Crippen LogP contribution in [-0.2, 0) is 0 Å². The zero-order chi connectivity index (χ0) is 16.4. The molecule has 0 atom stereocenters. The number of carbonyl (C=O) groups excluding carboxylic acids is 1. The molecule has 8 heteroatoms. The van der Waals surface area contributed by atoms with Crippen molar-refractivity contribution in [2.75, 3.05) is 5.32 Å². The predicted molar refractivity (Wildman–Crippen MR) is 72.1 cm³/mol. The van der Waals surface area contributed by atoms with Crippen molar-refractivity contribution in [2.24, 2.45) is 0 Å². The highest BCUT2D eigenvalue weighted by atomic mass is 19.2. The first kappa shape index (κ1) is 15.5. The molecule has 0 saturated carbocycles. The lowest BCUT2D eigenvalue weighted by molar-refractivity contribution is -0.385. The third-order valence-corrected chi connectivity index (χ3v) is 3.03. The van der Waals surface area contributed by atoms with Crippen molar-refractivity contribution in [2.45, 2.75) is 6.92 Å². The van der Waals surface area contributed by atoms with Crippen LogP contribution in [0.2, 0.25) is 0 Å². The van der Waals surface area contributed by atoms with Crippen LogP contribution in [0.15, 0.2) is 30.3 Å². The molecule has 2 rings (SSSR count). The highest BCUT2D eigenvalue weighted by molar-refractivity contribution is 6.05. The summed E-state index contributed by atoms with van der Waals surface area (Å²) in [6.45, 7) is 1.36. The minimum absolute atomic E-state index is 0.0710. The van der Waals surface area contributed by atoms with Crippen LogP contribution in [0.3, 0.4) is 0 Å². The number of hydrogen-bond donors (Lipinski definition) is 1. The maximum Gasteiger partial charge on any atom is 0.273 e. The normalized spacial score (nSPS) is 10.4. The number of nitro benzene ring substituents is 1. The molecule has 0 radical (unpaired) electrons. The van der Waals surface area contributed by atoms with Gasteiger partial charge in [0.25, 0.3) is 11.6 Å². The summed E-state index contributed by atoms with van der Waals surface area (Å²) in [6, 6.07) is 5.33. The van der Waals surface area contributed by atoms with E-state index in [1.807, 2.05) is 0 Å². The fourth-order valence-corrected chi connectivity index (χ4v) is 1.88. The lowest BCUT2D eigenvalue weighted by Crippen LogP contribution is -2.15. The number of anilines is 1. The summed E-state index contributed by atoms with van der Waals surface area (Å²) in [5.41, 5.74) is -0.834. The molecular formula is C14H9F3N2O3. The highest BCUT2D eigenvalue weighted by Crippen LogP contribution is 2.24. The SMILES string of the molecule is Cc1c(C(=O)Nc2ccc(F)c(F)c2F)cccc1[N+](=O)[O-]. The van der Waals surface area contributed by atoms with E-state index in [1.165, 1.54) is 25.1 Å². The molecule has 0 aliphatic carbocycles. The third kappa shape index (κ3) is 2.76. The van der Waals surface area contributed by atoms with Crippen LogP contribution in [0.5, 0.6) is 0 Å². The van der Waals surface area contributed by atoms with Gasteiger partial charge in [-0.05, 0) is 25.1 Å². The molecule has 0 aliphatic heterocycles. The number of nitrogens with one attached hydrogen (secondary N) is 1. The molecule has 0 saturated heterocycles. The zero-order valence-electron chi connectivity index (χ0n) is 11.2. The molecule has 0 unspecified atom stereocenters. The molecule has 22 heavy (non-hydrogen) atoms. The van der Waals surface area contributed by atoms with Crippen LogP contribution < -0.4 is 5.32 Å². The largest absolute Gasteiger partial charge is 0.319 e. The first-order valence-electron chi connectivity index (χ1n) is 6.01. The van der Waals surface area contributed by atoms with Gasteiger partial charge in [-0.1, -0.05) is 6.07 Å². The number of hydrogen-bond acceptors (Lipinski definition) is 3. The van der Waals surface area contributed by atoms with E-state index in [0.717, 1.165) is 6.07 Å². The lowest BCUT2D eigenvalue weighted by atomic mass is 10.1. The number of amides is 1. The Morgan fingerprint density at radius 2 is 1.82 bits per heavy atom. The molecular weight excluding hydrogens is 301 g/mol. The second kappa shape index (κ2) is 5.84. The fourth-order valence-electron chi connectivity index (χ4n) is 1.88. The number of benzene rings is 2. The van der Waals surface area contributed by atoms with Crippen LogP contribution in [0.4, 0.5) is 24.5 Å². The van der Waals surface area contributed by atoms with Gasteiger partial charge in [0.1, 0.15) is 0 Å². The van der Waals surface area contributed by atoms with Gasteiger partial charge in [-0.25, -0.2) is 13.2 Å². The fraction of sp³-hybridized carbons (Fsp3) is 0.0714. The van der Waals surface area contributed by atoms with Gasteiger partial charge in [0, 0.05) is 17.2 Å². The van der Waals surface area contributed by atoms with Gasteiger partial charge in [-0.15, -0.1) is 0 Å². The van der Waals surface area contributed by atoms with Gasteiger partial charge < -0.3 is 5.32 Å². The van der Waals surface area contributed by atoms with Crippen molar-refractivity contribution in [1.82, 2.24) is 0 Å². The summed E-state index contributed by atoms with van der Waals surface area (Å²) >= 11 is 0. The van der Waals surface area contributed by atoms with E-state index in [-0.39, 0.29) is 16.8 Å². The van der Waals surface area contributed by atoms with Gasteiger partial charge >= 0.3 is 0 Å². The molecule has 1 amide bonds. The minimum Gasteiger partial charge on any atom is -0.319 e. The Morgan fingerprint density at radius 3 is 2.45 bits per heavy atom. The van der Waals surface area contributed by atoms with Gasteiger partial charge in [0.05, 0.1) is 10.6 Å². The van der Waals surface area contributed by atoms with E-state index in [4.69, 9.17) is 0 Å². The van der Waals surface area contributed by atoms with Crippen LogP contribution in [0.1, 0.15) is 15.9 Å². The predicted octanol–water partition coefficient (Wildman–Crippen LogP) is 3.57. The Morgan fingerprint density at radius 1 is 1.14 bits per heavy atom. The van der Waals surface area contributed by atoms with E-state index in [1.54, 1.807) is 0 Å². The Kier molecular flexibility index (Phi) is 4.11. The summed E-state index contributed by atoms with van der Waals surface area (Å²) in [7, 11) is 0. The average Bonchev–Trinajstić information content (AvgIpc) is 2.47. The third-order valence-electron chi connectivity index (χ3n) is 3.03. The standard InChI is InChI=1S/C14H9F3N2O3/c1-7-8(3-2-4-11(7)19(21)22)14(20)18-10-6-5-9(15)12(16)13(10)17/h2-6H,1H3,(H,18,20). The van der Waals surface area contributed by atoms with Crippen molar-refractivity contribution >= 4 is 17.3 Å². The second-order valence-electron chi connectivity index (χ2n) is 4.38. The van der Waals surface area contributed by atoms with E-state index in [0.29, 0.717) is 6.07 Å². The summed E-state index contributed by atoms with van der Waals surface area (Å²) in [5.74, 6) is -5.52. The van der Waals surface area contributed by atoms with Gasteiger partial charge in [-0.2, -0.15) is 0 Å². The van der Waals surface area contributed by atoms with Crippen LogP contribution in [0.25, 0.3) is 0 Å². The molecule has 0 spiro atoms. The van der Waals surface area contributed by atoms with Crippen molar-refractivity contribution < 1.29 is 22.9 Å². The molecule has 2 aromatic carbocycles. The van der Waals surface area contributed by atoms with Crippen molar-refractivity contribution in [3.05, 3.63) is 69.0 Å². The van der Waals surface area contributed by atoms with E-state index in [2.05, 4.69) is 5.32 Å². The summed E-state index contributed by atoms with van der Waals surface area (Å²) in [6.07, 6.45) is 0. The molecule has 114 valence electrons. The molecule has 0 aliphatic rings. The zero-order valence-corrected chi connectivity index (χ0v) is 11.2. The number of nitro groups is 1. The topological polar surface area (TPSA) is 72.2 Å². The number of rotatable bonds is 3. The van der Waals surface area contributed by atoms with Crippen LogP contribution >= 0.6 is 0 Å². The Labute approximate surface area is 122 Å². The van der Waals surface area contributed by atoms with Crippen molar-refractivity contribution in [3.8, 4) is 0 Å². The smallest absolute Gasteiger partial charge is 0.273 e. The molecule has 2 aromatic rings.